The number of esters is 1. The fourth-order valence-electron chi connectivity index (χ4n) is 3.98. The summed E-state index contributed by atoms with van der Waals surface area (Å²) in [5, 5.41) is 9.75. The maximum absolute atomic E-state index is 12.7. The molecular formula is C24H29NO7. The number of hydrogen-bond acceptors (Lipinski definition) is 6. The normalized spacial score (nSPS) is 14.6. The predicted molar refractivity (Wildman–Crippen MR) is 119 cm³/mol. The Morgan fingerprint density at radius 2 is 1.94 bits per heavy atom. The molecule has 3 rings (SSSR count). The average Bonchev–Trinajstić information content (AvgIpc) is 2.75. The van der Waals surface area contributed by atoms with Crippen LogP contribution < -0.4 is 10.2 Å². The number of rotatable bonds is 9. The first-order valence-electron chi connectivity index (χ1n) is 10.7. The van der Waals surface area contributed by atoms with Gasteiger partial charge in [0.25, 0.3) is 0 Å². The van der Waals surface area contributed by atoms with E-state index in [2.05, 4.69) is 13.8 Å². The molecule has 172 valence electrons. The lowest BCUT2D eigenvalue weighted by molar-refractivity contribution is 0.0523. The van der Waals surface area contributed by atoms with Gasteiger partial charge in [-0.2, -0.15) is 0 Å². The second-order valence-corrected chi connectivity index (χ2v) is 8.09. The minimum absolute atomic E-state index is 0.0247. The second kappa shape index (κ2) is 9.99. The van der Waals surface area contributed by atoms with E-state index in [4.69, 9.17) is 14.2 Å². The summed E-state index contributed by atoms with van der Waals surface area (Å²) in [5.41, 5.74) is 1.67. The Hall–Kier alpha value is -3.13. The van der Waals surface area contributed by atoms with Crippen molar-refractivity contribution in [3.8, 4) is 17.0 Å². The Balaban J connectivity index is 2.13. The summed E-state index contributed by atoms with van der Waals surface area (Å²) in [6.45, 7) is 6.83. The van der Waals surface area contributed by atoms with Crippen LogP contribution in [0.3, 0.4) is 0 Å². The second-order valence-electron chi connectivity index (χ2n) is 8.09. The third kappa shape index (κ3) is 4.70. The summed E-state index contributed by atoms with van der Waals surface area (Å²) >= 11 is 0. The van der Waals surface area contributed by atoms with Gasteiger partial charge in [-0.1, -0.05) is 13.8 Å². The molecule has 0 radical (unpaired) electrons. The zero-order valence-electron chi connectivity index (χ0n) is 18.8. The summed E-state index contributed by atoms with van der Waals surface area (Å²) < 4.78 is 17.7. The Morgan fingerprint density at radius 1 is 1.19 bits per heavy atom. The topological polar surface area (TPSA) is 104 Å². The van der Waals surface area contributed by atoms with Crippen LogP contribution in [0.5, 0.6) is 5.75 Å². The van der Waals surface area contributed by atoms with E-state index in [1.165, 1.54) is 6.07 Å². The van der Waals surface area contributed by atoms with Gasteiger partial charge in [-0.25, -0.2) is 9.59 Å². The molecule has 2 aromatic rings. The molecule has 1 unspecified atom stereocenters. The number of benzene rings is 1. The monoisotopic (exact) mass is 443 g/mol. The molecule has 0 bridgehead atoms. The number of aromatic carboxylic acids is 1. The molecule has 32 heavy (non-hydrogen) atoms. The molecule has 1 N–H and O–H groups in total. The number of methoxy groups -OCH3 is 1. The first-order chi connectivity index (χ1) is 15.3. The minimum atomic E-state index is -1.11. The summed E-state index contributed by atoms with van der Waals surface area (Å²) in [4.78, 5) is 36.9. The number of carbonyl (C=O) groups excluding carboxylic acids is 1. The number of hydrogen-bond donors (Lipinski definition) is 1. The van der Waals surface area contributed by atoms with Crippen molar-refractivity contribution >= 4 is 11.9 Å². The fraction of sp³-hybridized carbons (Fsp3) is 0.458. The highest BCUT2D eigenvalue weighted by Gasteiger charge is 2.30. The van der Waals surface area contributed by atoms with Crippen LogP contribution in [0.15, 0.2) is 29.2 Å². The van der Waals surface area contributed by atoms with Crippen molar-refractivity contribution in [2.75, 3.05) is 26.9 Å². The molecule has 1 aliphatic rings. The van der Waals surface area contributed by atoms with Crippen molar-refractivity contribution in [2.24, 2.45) is 5.92 Å². The Kier molecular flexibility index (Phi) is 7.35. The largest absolute Gasteiger partial charge is 0.493 e. The number of aromatic nitrogens is 1. The number of carbonyl (C=O) groups is 2. The first kappa shape index (κ1) is 23.5. The van der Waals surface area contributed by atoms with E-state index >= 15 is 0 Å². The zero-order chi connectivity index (χ0) is 23.4. The van der Waals surface area contributed by atoms with Crippen molar-refractivity contribution < 1.29 is 28.9 Å². The predicted octanol–water partition coefficient (Wildman–Crippen LogP) is 3.56. The summed E-state index contributed by atoms with van der Waals surface area (Å²) in [5.74, 6) is -1.27. The molecule has 0 spiro atoms. The van der Waals surface area contributed by atoms with Crippen molar-refractivity contribution in [2.45, 2.75) is 39.7 Å². The molecule has 1 aromatic carbocycles. The van der Waals surface area contributed by atoms with E-state index in [1.54, 1.807) is 32.4 Å². The Bertz CT molecular complexity index is 1070. The van der Waals surface area contributed by atoms with Crippen molar-refractivity contribution in [1.82, 2.24) is 4.57 Å². The first-order valence-corrected chi connectivity index (χ1v) is 10.7. The molecule has 8 nitrogen and oxygen atoms in total. The third-order valence-electron chi connectivity index (χ3n) is 5.59. The Labute approximate surface area is 186 Å². The molecule has 0 aliphatic carbocycles. The van der Waals surface area contributed by atoms with E-state index in [0.29, 0.717) is 43.1 Å². The maximum atomic E-state index is 12.7. The van der Waals surface area contributed by atoms with Crippen LogP contribution in [0, 0.1) is 5.92 Å². The van der Waals surface area contributed by atoms with Crippen molar-refractivity contribution in [3.05, 3.63) is 51.3 Å². The van der Waals surface area contributed by atoms with Crippen LogP contribution in [0.1, 0.15) is 59.5 Å². The molecule has 0 amide bonds. The van der Waals surface area contributed by atoms with Gasteiger partial charge in [0.2, 0.25) is 0 Å². The van der Waals surface area contributed by atoms with Gasteiger partial charge < -0.3 is 23.9 Å². The lowest BCUT2D eigenvalue weighted by atomic mass is 9.86. The molecule has 1 aromatic heterocycles. The van der Waals surface area contributed by atoms with Gasteiger partial charge in [0.05, 0.1) is 18.9 Å². The van der Waals surface area contributed by atoms with Crippen molar-refractivity contribution in [1.29, 1.82) is 0 Å². The van der Waals surface area contributed by atoms with Gasteiger partial charge in [0, 0.05) is 44.0 Å². The molecule has 0 saturated carbocycles. The van der Waals surface area contributed by atoms with Crippen LogP contribution in [-0.4, -0.2) is 48.5 Å². The highest BCUT2D eigenvalue weighted by molar-refractivity contribution is 5.94. The molecule has 1 atom stereocenters. The third-order valence-corrected chi connectivity index (χ3v) is 5.59. The number of ether oxygens (including phenoxy) is 3. The molecule has 2 heterocycles. The average molecular weight is 443 g/mol. The number of carboxylic acid groups (broad SMARTS) is 1. The zero-order valence-corrected chi connectivity index (χ0v) is 18.8. The number of carboxylic acids is 1. The molecule has 0 saturated heterocycles. The van der Waals surface area contributed by atoms with E-state index in [0.717, 1.165) is 5.56 Å². The van der Waals surface area contributed by atoms with E-state index in [-0.39, 0.29) is 29.7 Å². The fourth-order valence-corrected chi connectivity index (χ4v) is 3.98. The van der Waals surface area contributed by atoms with Gasteiger partial charge in [0.15, 0.2) is 5.43 Å². The van der Waals surface area contributed by atoms with Gasteiger partial charge in [-0.05, 0) is 37.0 Å². The summed E-state index contributed by atoms with van der Waals surface area (Å²) in [7, 11) is 1.60. The molecule has 1 aliphatic heterocycles. The van der Waals surface area contributed by atoms with Gasteiger partial charge >= 0.3 is 11.9 Å². The van der Waals surface area contributed by atoms with Crippen LogP contribution in [0.4, 0.5) is 0 Å². The maximum Gasteiger partial charge on any atom is 0.343 e. The smallest absolute Gasteiger partial charge is 0.343 e. The van der Waals surface area contributed by atoms with Crippen LogP contribution >= 0.6 is 0 Å². The Morgan fingerprint density at radius 3 is 2.56 bits per heavy atom. The highest BCUT2D eigenvalue weighted by atomic mass is 16.5. The summed E-state index contributed by atoms with van der Waals surface area (Å²) in [6, 6.07) is 4.68. The standard InChI is InChI=1S/C24H29NO7/c1-5-31-24(29)18-13-25-19(14(2)3)9-15-10-22(32-8-6-7-30-4)17(23(27)28)11-16(15)20(25)12-21(18)26/h10-14,19H,5-9H2,1-4H3,(H,27,28). The SMILES string of the molecule is CCOC(=O)c1cn2c(cc1=O)-c1cc(C(=O)O)c(OCCCOC)cc1CC2C(C)C. The van der Waals surface area contributed by atoms with E-state index in [9.17, 15) is 19.5 Å². The highest BCUT2D eigenvalue weighted by Crippen LogP contribution is 2.40. The lowest BCUT2D eigenvalue weighted by Crippen LogP contribution is -2.29. The van der Waals surface area contributed by atoms with Crippen LogP contribution in [0.25, 0.3) is 11.3 Å². The van der Waals surface area contributed by atoms with Crippen molar-refractivity contribution in [3.63, 3.8) is 0 Å². The molecule has 8 heteroatoms. The van der Waals surface area contributed by atoms with Crippen LogP contribution in [0.2, 0.25) is 0 Å². The number of pyridine rings is 1. The quantitative estimate of drug-likeness (QED) is 0.467. The molecular weight excluding hydrogens is 414 g/mol. The number of nitrogens with zero attached hydrogens (tertiary/aromatic N) is 1. The van der Waals surface area contributed by atoms with Gasteiger partial charge in [-0.15, -0.1) is 0 Å². The van der Waals surface area contributed by atoms with Gasteiger partial charge in [0.1, 0.15) is 16.9 Å². The summed E-state index contributed by atoms with van der Waals surface area (Å²) in [6.07, 6.45) is 2.79. The number of fused-ring (bicyclic) bond motifs is 3. The van der Waals surface area contributed by atoms with Crippen LogP contribution in [-0.2, 0) is 15.9 Å². The lowest BCUT2D eigenvalue weighted by Gasteiger charge is -2.34. The minimum Gasteiger partial charge on any atom is -0.493 e. The van der Waals surface area contributed by atoms with Gasteiger partial charge in [-0.3, -0.25) is 4.79 Å². The molecule has 0 fully saturated rings. The van der Waals surface area contributed by atoms with E-state index < -0.39 is 17.4 Å². The van der Waals surface area contributed by atoms with E-state index in [1.807, 2.05) is 4.57 Å².